The van der Waals surface area contributed by atoms with Gasteiger partial charge in [-0.2, -0.15) is 0 Å². The number of hydrogen-bond acceptors (Lipinski definition) is 2. The van der Waals surface area contributed by atoms with Gasteiger partial charge in [0.05, 0.1) is 6.54 Å². The minimum Gasteiger partial charge on any atom is -0.358 e. The predicted molar refractivity (Wildman–Crippen MR) is 93.0 cm³/mol. The number of carbonyl (C=O) groups is 2. The Hall–Kier alpha value is -2.08. The summed E-state index contributed by atoms with van der Waals surface area (Å²) < 4.78 is 1.02. The summed E-state index contributed by atoms with van der Waals surface area (Å²) in [6, 6.07) is 6.12. The lowest BCUT2D eigenvalue weighted by Gasteiger charge is -2.29. The average molecular weight is 376 g/mol. The molecular formula is C17H18BrN3O2. The molecule has 1 aromatic heterocycles. The van der Waals surface area contributed by atoms with E-state index in [1.807, 2.05) is 17.0 Å². The number of amides is 2. The van der Waals surface area contributed by atoms with Gasteiger partial charge in [0.25, 0.3) is 0 Å². The van der Waals surface area contributed by atoms with Gasteiger partial charge in [-0.1, -0.05) is 22.5 Å². The summed E-state index contributed by atoms with van der Waals surface area (Å²) in [4.78, 5) is 30.6. The van der Waals surface area contributed by atoms with Gasteiger partial charge >= 0.3 is 0 Å². The number of aromatic nitrogens is 1. The fourth-order valence-corrected chi connectivity index (χ4v) is 3.30. The Balaban J connectivity index is 1.80. The molecule has 120 valence electrons. The van der Waals surface area contributed by atoms with Gasteiger partial charge in [-0.25, -0.2) is 0 Å². The lowest BCUT2D eigenvalue weighted by molar-refractivity contribution is -0.137. The summed E-state index contributed by atoms with van der Waals surface area (Å²) in [6.45, 7) is 4.75. The first-order valence-corrected chi connectivity index (χ1v) is 8.23. The number of fused-ring (bicyclic) bond motifs is 3. The Bertz CT molecular complexity index is 796. The second-order valence-electron chi connectivity index (χ2n) is 5.74. The zero-order valence-corrected chi connectivity index (χ0v) is 14.5. The first-order valence-electron chi connectivity index (χ1n) is 7.44. The highest BCUT2D eigenvalue weighted by Gasteiger charge is 2.25. The van der Waals surface area contributed by atoms with Crippen molar-refractivity contribution in [3.8, 4) is 0 Å². The summed E-state index contributed by atoms with van der Waals surface area (Å²) in [5, 5.41) is 1.14. The second kappa shape index (κ2) is 6.20. The number of nitrogens with one attached hydrogen (secondary N) is 1. The highest BCUT2D eigenvalue weighted by molar-refractivity contribution is 9.10. The number of H-pyrrole nitrogens is 1. The van der Waals surface area contributed by atoms with Crippen molar-refractivity contribution in [1.82, 2.24) is 14.8 Å². The van der Waals surface area contributed by atoms with E-state index in [0.29, 0.717) is 13.1 Å². The molecule has 1 aromatic carbocycles. The van der Waals surface area contributed by atoms with Gasteiger partial charge < -0.3 is 14.8 Å². The zero-order valence-electron chi connectivity index (χ0n) is 12.9. The van der Waals surface area contributed by atoms with Crippen LogP contribution in [-0.4, -0.2) is 46.7 Å². The first-order chi connectivity index (χ1) is 11.0. The maximum absolute atomic E-state index is 12.4. The van der Waals surface area contributed by atoms with Crippen LogP contribution in [0.1, 0.15) is 11.3 Å². The van der Waals surface area contributed by atoms with Gasteiger partial charge in [0, 0.05) is 53.2 Å². The smallest absolute Gasteiger partial charge is 0.246 e. The van der Waals surface area contributed by atoms with Crippen LogP contribution in [-0.2, 0) is 22.6 Å². The number of aromatic amines is 1. The van der Waals surface area contributed by atoms with E-state index in [-0.39, 0.29) is 18.4 Å². The minimum absolute atomic E-state index is 0.0438. The third-order valence-corrected chi connectivity index (χ3v) is 4.71. The molecule has 2 amide bonds. The third kappa shape index (κ3) is 3.03. The van der Waals surface area contributed by atoms with Crippen molar-refractivity contribution < 1.29 is 9.59 Å². The molecule has 23 heavy (non-hydrogen) atoms. The van der Waals surface area contributed by atoms with Crippen molar-refractivity contribution in [1.29, 1.82) is 0 Å². The van der Waals surface area contributed by atoms with Gasteiger partial charge in [-0.3, -0.25) is 9.59 Å². The van der Waals surface area contributed by atoms with E-state index < -0.39 is 0 Å². The molecule has 0 aliphatic carbocycles. The normalized spacial score (nSPS) is 13.7. The van der Waals surface area contributed by atoms with Gasteiger partial charge in [0.1, 0.15) is 0 Å². The minimum atomic E-state index is -0.243. The molecule has 0 radical (unpaired) electrons. The molecule has 1 aliphatic heterocycles. The van der Waals surface area contributed by atoms with Gasteiger partial charge in [0.15, 0.2) is 0 Å². The molecule has 3 rings (SSSR count). The molecular weight excluding hydrogens is 358 g/mol. The van der Waals surface area contributed by atoms with Gasteiger partial charge in [0.2, 0.25) is 11.8 Å². The van der Waals surface area contributed by atoms with Crippen LogP contribution in [0.4, 0.5) is 0 Å². The van der Waals surface area contributed by atoms with Crippen molar-refractivity contribution in [2.75, 3.05) is 20.1 Å². The van der Waals surface area contributed by atoms with E-state index in [9.17, 15) is 9.59 Å². The Kier molecular flexibility index (Phi) is 4.26. The predicted octanol–water partition coefficient (Wildman–Crippen LogP) is 2.46. The molecule has 0 spiro atoms. The summed E-state index contributed by atoms with van der Waals surface area (Å²) in [5.74, 6) is -0.287. The Morgan fingerprint density at radius 2 is 2.26 bits per heavy atom. The van der Waals surface area contributed by atoms with Crippen molar-refractivity contribution in [2.45, 2.75) is 13.0 Å². The van der Waals surface area contributed by atoms with Crippen LogP contribution in [0.2, 0.25) is 0 Å². The van der Waals surface area contributed by atoms with Crippen LogP contribution in [0.5, 0.6) is 0 Å². The maximum atomic E-state index is 12.4. The monoisotopic (exact) mass is 375 g/mol. The van der Waals surface area contributed by atoms with E-state index in [2.05, 4.69) is 33.6 Å². The van der Waals surface area contributed by atoms with Gasteiger partial charge in [-0.05, 0) is 24.3 Å². The molecule has 6 heteroatoms. The Morgan fingerprint density at radius 1 is 1.48 bits per heavy atom. The number of carbonyl (C=O) groups excluding carboxylic acids is 2. The fraction of sp³-hybridized carbons (Fsp3) is 0.294. The van der Waals surface area contributed by atoms with Crippen LogP contribution in [0.25, 0.3) is 10.9 Å². The quantitative estimate of drug-likeness (QED) is 0.837. The maximum Gasteiger partial charge on any atom is 0.246 e. The van der Waals surface area contributed by atoms with Crippen LogP contribution < -0.4 is 0 Å². The number of rotatable bonds is 3. The molecule has 0 atom stereocenters. The van der Waals surface area contributed by atoms with Crippen molar-refractivity contribution in [3.05, 3.63) is 46.6 Å². The summed E-state index contributed by atoms with van der Waals surface area (Å²) in [5.41, 5.74) is 3.45. The number of hydrogen-bond donors (Lipinski definition) is 1. The van der Waals surface area contributed by atoms with E-state index in [0.717, 1.165) is 21.8 Å². The SMILES string of the molecule is C=CC(=O)N(C)CC(=O)N1CCc2[nH]c3ccc(Br)cc3c2C1. The topological polar surface area (TPSA) is 56.4 Å². The Morgan fingerprint density at radius 3 is 3.00 bits per heavy atom. The van der Waals surface area contributed by atoms with Crippen molar-refractivity contribution in [2.24, 2.45) is 0 Å². The average Bonchev–Trinajstić information content (AvgIpc) is 2.90. The fourth-order valence-electron chi connectivity index (χ4n) is 2.94. The number of benzene rings is 1. The van der Waals surface area contributed by atoms with E-state index in [1.54, 1.807) is 7.05 Å². The standard InChI is InChI=1S/C17H18BrN3O2/c1-3-16(22)20(2)10-17(23)21-7-6-15-13(9-21)12-8-11(18)4-5-14(12)19-15/h3-5,8,19H,1,6-7,9-10H2,2H3. The van der Waals surface area contributed by atoms with Crippen LogP contribution >= 0.6 is 15.9 Å². The summed E-state index contributed by atoms with van der Waals surface area (Å²) >= 11 is 3.50. The van der Waals surface area contributed by atoms with Crippen molar-refractivity contribution >= 4 is 38.6 Å². The lowest BCUT2D eigenvalue weighted by Crippen LogP contribution is -2.42. The molecule has 0 saturated carbocycles. The van der Waals surface area contributed by atoms with E-state index in [1.165, 1.54) is 22.2 Å². The lowest BCUT2D eigenvalue weighted by atomic mass is 10.0. The van der Waals surface area contributed by atoms with Crippen LogP contribution in [0.15, 0.2) is 35.3 Å². The largest absolute Gasteiger partial charge is 0.358 e. The van der Waals surface area contributed by atoms with E-state index >= 15 is 0 Å². The second-order valence-corrected chi connectivity index (χ2v) is 6.65. The highest BCUT2D eigenvalue weighted by atomic mass is 79.9. The summed E-state index contributed by atoms with van der Waals surface area (Å²) in [6.07, 6.45) is 2.02. The molecule has 0 unspecified atom stereocenters. The molecule has 0 fully saturated rings. The number of nitrogens with zero attached hydrogens (tertiary/aromatic N) is 2. The zero-order chi connectivity index (χ0) is 16.6. The first kappa shape index (κ1) is 15.8. The molecule has 2 aromatic rings. The van der Waals surface area contributed by atoms with E-state index in [4.69, 9.17) is 0 Å². The molecule has 2 heterocycles. The molecule has 0 bridgehead atoms. The van der Waals surface area contributed by atoms with Crippen LogP contribution in [0, 0.1) is 0 Å². The number of halogens is 1. The summed E-state index contributed by atoms with van der Waals surface area (Å²) in [7, 11) is 1.61. The number of likely N-dealkylation sites (N-methyl/N-ethyl adjacent to an activating group) is 1. The van der Waals surface area contributed by atoms with Gasteiger partial charge in [-0.15, -0.1) is 0 Å². The molecule has 1 aliphatic rings. The molecule has 5 nitrogen and oxygen atoms in total. The molecule has 0 saturated heterocycles. The molecule has 1 N–H and O–H groups in total. The highest BCUT2D eigenvalue weighted by Crippen LogP contribution is 2.29. The van der Waals surface area contributed by atoms with Crippen LogP contribution in [0.3, 0.4) is 0 Å². The Labute approximate surface area is 143 Å². The van der Waals surface area contributed by atoms with Crippen molar-refractivity contribution in [3.63, 3.8) is 0 Å². The third-order valence-electron chi connectivity index (χ3n) is 4.21.